The van der Waals surface area contributed by atoms with Crippen LogP contribution < -0.4 is 5.56 Å². The molecule has 0 bridgehead atoms. The Labute approximate surface area is 299 Å². The summed E-state index contributed by atoms with van der Waals surface area (Å²) < 4.78 is 9.83. The third-order valence-electron chi connectivity index (χ3n) is 16.1. The van der Waals surface area contributed by atoms with Crippen molar-refractivity contribution in [2.75, 3.05) is 0 Å². The van der Waals surface area contributed by atoms with Gasteiger partial charge in [0.05, 0.1) is 17.5 Å². The molecule has 0 radical (unpaired) electrons. The van der Waals surface area contributed by atoms with Crippen LogP contribution in [0.1, 0.15) is 146 Å². The van der Waals surface area contributed by atoms with Gasteiger partial charge in [-0.2, -0.15) is 0 Å². The number of ether oxygens (including phenoxy) is 1. The number of aromatic nitrogens is 2. The number of allylic oxidation sites excluding steroid dienone is 2. The summed E-state index contributed by atoms with van der Waals surface area (Å²) in [6.45, 7) is 21.9. The standard InChI is InChI=1S/C42H64N2O6/c1-25(2)27-14-19-42(31-22-33(46)44(43(31)11)24-26(3)45)21-20-40(9)28(35(27)42)12-13-30-39(8)17-16-32(50-34(47)23-37(4,5)36(48)49)38(6,7)29(39)15-18-41(30,40)10/h22,25,28-30,32H,12-21,23-24H2,1-11H3,(H,48,49). The lowest BCUT2D eigenvalue weighted by atomic mass is 9.33. The molecule has 1 aromatic rings. The SMILES string of the molecule is CC(=O)Cn1c(=O)cc(C23CCC(C(C)C)=C2C2CCC4C5(C)CCC(OC(=O)CC(C)(C)C(=O)O)C(C)(C)C5CCC4(C)C2(C)CC3)n1C. The number of fused-ring (bicyclic) bond motifs is 7. The number of aliphatic carboxylic acids is 1. The van der Waals surface area contributed by atoms with Crippen molar-refractivity contribution in [2.45, 2.75) is 158 Å². The van der Waals surface area contributed by atoms with Gasteiger partial charge in [-0.05, 0) is 125 Å². The van der Waals surface area contributed by atoms with Crippen LogP contribution in [0.4, 0.5) is 0 Å². The van der Waals surface area contributed by atoms with Gasteiger partial charge in [0.25, 0.3) is 5.56 Å². The van der Waals surface area contributed by atoms with Crippen LogP contribution in [0.2, 0.25) is 0 Å². The highest BCUT2D eigenvalue weighted by atomic mass is 16.5. The van der Waals surface area contributed by atoms with Crippen molar-refractivity contribution in [1.82, 2.24) is 9.36 Å². The fourth-order valence-corrected chi connectivity index (χ4v) is 13.3. The number of hydrogen-bond acceptors (Lipinski definition) is 5. The lowest BCUT2D eigenvalue weighted by Gasteiger charge is -2.72. The maximum absolute atomic E-state index is 13.3. The summed E-state index contributed by atoms with van der Waals surface area (Å²) in [5.74, 6) is 0.461. The van der Waals surface area contributed by atoms with Crippen molar-refractivity contribution >= 4 is 17.7 Å². The Morgan fingerprint density at radius 1 is 0.940 bits per heavy atom. The topological polar surface area (TPSA) is 108 Å². The van der Waals surface area contributed by atoms with E-state index in [9.17, 15) is 24.3 Å². The summed E-state index contributed by atoms with van der Waals surface area (Å²) in [6.07, 6.45) is 10.3. The number of hydrogen-bond donors (Lipinski definition) is 1. The minimum atomic E-state index is -1.15. The summed E-state index contributed by atoms with van der Waals surface area (Å²) in [4.78, 5) is 50.3. The molecule has 0 aliphatic heterocycles. The number of carbonyl (C=O) groups is 3. The number of esters is 1. The number of carboxylic acid groups (broad SMARTS) is 1. The van der Waals surface area contributed by atoms with Gasteiger partial charge in [-0.25, -0.2) is 4.68 Å². The maximum Gasteiger partial charge on any atom is 0.309 e. The maximum atomic E-state index is 13.3. The van der Waals surface area contributed by atoms with Crippen molar-refractivity contribution in [2.24, 2.45) is 57.8 Å². The number of nitrogens with zero attached hydrogens (tertiary/aromatic N) is 2. The number of Topliss-reactive ketones (excluding diaryl/α,β-unsaturated/α-hetero) is 1. The van der Waals surface area contributed by atoms with E-state index in [0.717, 1.165) is 63.5 Å². The summed E-state index contributed by atoms with van der Waals surface area (Å²) in [5.41, 5.74) is 3.09. The number of carboxylic acids is 1. The lowest BCUT2D eigenvalue weighted by molar-refractivity contribution is -0.232. The molecule has 5 aliphatic rings. The predicted molar refractivity (Wildman–Crippen MR) is 195 cm³/mol. The second-order valence-corrected chi connectivity index (χ2v) is 19.6. The molecule has 4 fully saturated rings. The van der Waals surface area contributed by atoms with Gasteiger partial charge >= 0.3 is 11.9 Å². The highest BCUT2D eigenvalue weighted by Crippen LogP contribution is 2.77. The Bertz CT molecular complexity index is 1680. The highest BCUT2D eigenvalue weighted by Gasteiger charge is 2.70. The molecule has 1 aromatic heterocycles. The molecule has 1 N–H and O–H groups in total. The van der Waals surface area contributed by atoms with Crippen LogP contribution in [0.15, 0.2) is 22.0 Å². The molecule has 4 saturated carbocycles. The van der Waals surface area contributed by atoms with Gasteiger partial charge in [0, 0.05) is 23.9 Å². The Morgan fingerprint density at radius 3 is 2.24 bits per heavy atom. The van der Waals surface area contributed by atoms with E-state index in [1.165, 1.54) is 6.42 Å². The summed E-state index contributed by atoms with van der Waals surface area (Å²) >= 11 is 0. The number of carbonyl (C=O) groups excluding carboxylic acids is 2. The van der Waals surface area contributed by atoms with Crippen LogP contribution >= 0.6 is 0 Å². The molecule has 8 nitrogen and oxygen atoms in total. The molecule has 50 heavy (non-hydrogen) atoms. The molecule has 8 unspecified atom stereocenters. The zero-order valence-corrected chi connectivity index (χ0v) is 32.8. The van der Waals surface area contributed by atoms with Gasteiger partial charge in [0.2, 0.25) is 0 Å². The Balaban J connectivity index is 1.33. The van der Waals surface area contributed by atoms with Crippen LogP contribution in [0.5, 0.6) is 0 Å². The van der Waals surface area contributed by atoms with Gasteiger partial charge in [0.15, 0.2) is 5.78 Å². The zero-order chi connectivity index (χ0) is 37.0. The molecular formula is C42H64N2O6. The van der Waals surface area contributed by atoms with Gasteiger partial charge in [0.1, 0.15) is 12.6 Å². The monoisotopic (exact) mass is 692 g/mol. The van der Waals surface area contributed by atoms with Crippen LogP contribution in [-0.4, -0.2) is 38.3 Å². The van der Waals surface area contributed by atoms with Crippen LogP contribution in [-0.2, 0) is 38.1 Å². The normalized spacial score (nSPS) is 37.8. The van der Waals surface area contributed by atoms with Crippen molar-refractivity contribution < 1.29 is 24.2 Å². The van der Waals surface area contributed by atoms with E-state index < -0.39 is 17.4 Å². The van der Waals surface area contributed by atoms with E-state index in [0.29, 0.717) is 23.7 Å². The fraction of sp³-hybridized carbons (Fsp3) is 0.810. The van der Waals surface area contributed by atoms with Crippen molar-refractivity contribution in [3.05, 3.63) is 33.3 Å². The Hall–Kier alpha value is -2.64. The molecule has 6 rings (SSSR count). The van der Waals surface area contributed by atoms with E-state index in [-0.39, 0.29) is 57.5 Å². The number of rotatable bonds is 8. The Kier molecular flexibility index (Phi) is 8.87. The minimum Gasteiger partial charge on any atom is -0.481 e. The average Bonchev–Trinajstić information content (AvgIpc) is 3.53. The predicted octanol–water partition coefficient (Wildman–Crippen LogP) is 8.24. The second-order valence-electron chi connectivity index (χ2n) is 19.6. The highest BCUT2D eigenvalue weighted by molar-refractivity contribution is 5.81. The first-order chi connectivity index (χ1) is 23.1. The van der Waals surface area contributed by atoms with Crippen molar-refractivity contribution in [3.8, 4) is 0 Å². The van der Waals surface area contributed by atoms with Crippen molar-refractivity contribution in [3.63, 3.8) is 0 Å². The third kappa shape index (κ3) is 5.17. The molecule has 0 amide bonds. The fourth-order valence-electron chi connectivity index (χ4n) is 13.3. The van der Waals surface area contributed by atoms with Gasteiger partial charge in [-0.3, -0.25) is 23.9 Å². The summed E-state index contributed by atoms with van der Waals surface area (Å²) in [7, 11) is 1.98. The van der Waals surface area contributed by atoms with E-state index in [1.54, 1.807) is 36.6 Å². The molecule has 278 valence electrons. The van der Waals surface area contributed by atoms with Crippen molar-refractivity contribution in [1.29, 1.82) is 0 Å². The Morgan fingerprint density at radius 2 is 1.62 bits per heavy atom. The molecule has 5 aliphatic carbocycles. The van der Waals surface area contributed by atoms with Crippen LogP contribution in [0.25, 0.3) is 0 Å². The summed E-state index contributed by atoms with van der Waals surface area (Å²) in [6, 6.07) is 1.85. The van der Waals surface area contributed by atoms with Crippen LogP contribution in [0.3, 0.4) is 0 Å². The molecule has 8 heteroatoms. The first kappa shape index (κ1) is 37.1. The first-order valence-corrected chi connectivity index (χ1v) is 19.5. The first-order valence-electron chi connectivity index (χ1n) is 19.5. The third-order valence-corrected chi connectivity index (χ3v) is 16.1. The van der Waals surface area contributed by atoms with E-state index in [4.69, 9.17) is 4.74 Å². The van der Waals surface area contributed by atoms with E-state index in [2.05, 4.69) is 48.5 Å². The quantitative estimate of drug-likeness (QED) is 0.217. The van der Waals surface area contributed by atoms with Gasteiger partial charge < -0.3 is 9.84 Å². The molecule has 8 atom stereocenters. The molecule has 1 heterocycles. The largest absolute Gasteiger partial charge is 0.481 e. The summed E-state index contributed by atoms with van der Waals surface area (Å²) in [5, 5.41) is 9.60. The van der Waals surface area contributed by atoms with Gasteiger partial charge in [-0.1, -0.05) is 59.6 Å². The second kappa shape index (κ2) is 11.9. The zero-order valence-electron chi connectivity index (χ0n) is 32.8. The van der Waals surface area contributed by atoms with E-state index >= 15 is 0 Å². The molecular weight excluding hydrogens is 628 g/mol. The van der Waals surface area contributed by atoms with E-state index in [1.807, 2.05) is 17.8 Å². The number of ketones is 1. The lowest BCUT2D eigenvalue weighted by Crippen LogP contribution is -2.66. The average molecular weight is 693 g/mol. The minimum absolute atomic E-state index is 0.00789. The molecule has 0 aromatic carbocycles. The smallest absolute Gasteiger partial charge is 0.309 e. The van der Waals surface area contributed by atoms with Crippen LogP contribution in [0, 0.1) is 50.7 Å². The van der Waals surface area contributed by atoms with Gasteiger partial charge in [-0.15, -0.1) is 0 Å². The molecule has 0 spiro atoms. The molecule has 0 saturated heterocycles.